The molecule has 0 aliphatic heterocycles. The molecule has 1 rings (SSSR count). The molecule has 0 saturated carbocycles. The van der Waals surface area contributed by atoms with Gasteiger partial charge in [-0.3, -0.25) is 0 Å². The van der Waals surface area contributed by atoms with E-state index in [-0.39, 0.29) is 0 Å². The Hall–Kier alpha value is -0.900. The summed E-state index contributed by atoms with van der Waals surface area (Å²) in [5, 5.41) is 14.1. The minimum Gasteiger partial charge on any atom is -0.309 e. The third-order valence-electron chi connectivity index (χ3n) is 2.58. The van der Waals surface area contributed by atoms with Crippen LogP contribution in [0.3, 0.4) is 0 Å². The highest BCUT2D eigenvalue weighted by Gasteiger charge is 2.15. The maximum atomic E-state index is 4.12. The minimum atomic E-state index is 0.341. The van der Waals surface area contributed by atoms with Crippen molar-refractivity contribution in [1.82, 2.24) is 20.7 Å². The Kier molecular flexibility index (Phi) is 4.59. The van der Waals surface area contributed by atoms with Gasteiger partial charge in [0.25, 0.3) is 0 Å². The molecule has 4 heteroatoms. The summed E-state index contributed by atoms with van der Waals surface area (Å²) in [5.41, 5.74) is 1.02. The van der Waals surface area contributed by atoms with Crippen LogP contribution in [-0.2, 0) is 0 Å². The van der Waals surface area contributed by atoms with E-state index < -0.39 is 0 Å². The standard InChI is InChI=1S/C10H20N4/c1-4-8(3)6-9(11-5-2)10-7-12-14-13-10/h7-9,11H,4-6H2,1-3H3,(H,12,13,14). The molecule has 0 fully saturated rings. The highest BCUT2D eigenvalue weighted by molar-refractivity contribution is 4.99. The number of nitrogens with zero attached hydrogens (tertiary/aromatic N) is 2. The van der Waals surface area contributed by atoms with Crippen molar-refractivity contribution in [3.05, 3.63) is 11.9 Å². The van der Waals surface area contributed by atoms with Crippen molar-refractivity contribution in [2.45, 2.75) is 39.7 Å². The Morgan fingerprint density at radius 1 is 1.50 bits per heavy atom. The van der Waals surface area contributed by atoms with Gasteiger partial charge in [0.15, 0.2) is 0 Å². The van der Waals surface area contributed by atoms with Crippen molar-refractivity contribution in [2.24, 2.45) is 5.92 Å². The molecule has 1 aromatic heterocycles. The monoisotopic (exact) mass is 196 g/mol. The van der Waals surface area contributed by atoms with E-state index in [1.807, 2.05) is 0 Å². The minimum absolute atomic E-state index is 0.341. The summed E-state index contributed by atoms with van der Waals surface area (Å²) in [6.07, 6.45) is 4.13. The Labute approximate surface area is 85.5 Å². The number of H-pyrrole nitrogens is 1. The topological polar surface area (TPSA) is 53.6 Å². The molecular weight excluding hydrogens is 176 g/mol. The van der Waals surface area contributed by atoms with E-state index in [2.05, 4.69) is 41.5 Å². The van der Waals surface area contributed by atoms with E-state index in [0.29, 0.717) is 6.04 Å². The smallest absolute Gasteiger partial charge is 0.0993 e. The van der Waals surface area contributed by atoms with Gasteiger partial charge in [-0.2, -0.15) is 15.4 Å². The van der Waals surface area contributed by atoms with Crippen LogP contribution in [-0.4, -0.2) is 22.0 Å². The molecule has 80 valence electrons. The molecule has 0 radical (unpaired) electrons. The fourth-order valence-corrected chi connectivity index (χ4v) is 1.50. The average molecular weight is 196 g/mol. The van der Waals surface area contributed by atoms with E-state index in [4.69, 9.17) is 0 Å². The number of nitrogens with one attached hydrogen (secondary N) is 2. The number of rotatable bonds is 6. The molecule has 14 heavy (non-hydrogen) atoms. The van der Waals surface area contributed by atoms with Crippen LogP contribution in [0, 0.1) is 5.92 Å². The third-order valence-corrected chi connectivity index (χ3v) is 2.58. The fourth-order valence-electron chi connectivity index (χ4n) is 1.50. The summed E-state index contributed by atoms with van der Waals surface area (Å²) >= 11 is 0. The summed E-state index contributed by atoms with van der Waals surface area (Å²) in [6, 6.07) is 0.341. The van der Waals surface area contributed by atoms with E-state index in [1.54, 1.807) is 6.20 Å². The fraction of sp³-hybridized carbons (Fsp3) is 0.800. The van der Waals surface area contributed by atoms with Crippen LogP contribution in [0.5, 0.6) is 0 Å². The first-order valence-electron chi connectivity index (χ1n) is 5.36. The van der Waals surface area contributed by atoms with Crippen molar-refractivity contribution in [3.8, 4) is 0 Å². The number of hydrogen-bond donors (Lipinski definition) is 2. The molecule has 2 unspecified atom stereocenters. The lowest BCUT2D eigenvalue weighted by Crippen LogP contribution is -2.23. The zero-order valence-corrected chi connectivity index (χ0v) is 9.25. The lowest BCUT2D eigenvalue weighted by Gasteiger charge is -2.18. The summed E-state index contributed by atoms with van der Waals surface area (Å²) in [5.74, 6) is 0.718. The lowest BCUT2D eigenvalue weighted by molar-refractivity contribution is 0.402. The van der Waals surface area contributed by atoms with Crippen LogP contribution in [0.15, 0.2) is 6.20 Å². The Morgan fingerprint density at radius 2 is 2.29 bits per heavy atom. The maximum Gasteiger partial charge on any atom is 0.0993 e. The predicted molar refractivity (Wildman–Crippen MR) is 56.9 cm³/mol. The van der Waals surface area contributed by atoms with Gasteiger partial charge in [0, 0.05) is 0 Å². The molecule has 2 atom stereocenters. The van der Waals surface area contributed by atoms with Gasteiger partial charge >= 0.3 is 0 Å². The van der Waals surface area contributed by atoms with Gasteiger partial charge in [0.2, 0.25) is 0 Å². The second-order valence-electron chi connectivity index (χ2n) is 3.75. The van der Waals surface area contributed by atoms with Crippen LogP contribution < -0.4 is 5.32 Å². The predicted octanol–water partition coefficient (Wildman–Crippen LogP) is 1.89. The van der Waals surface area contributed by atoms with Gasteiger partial charge in [-0.25, -0.2) is 0 Å². The molecule has 0 aromatic carbocycles. The highest BCUT2D eigenvalue weighted by atomic mass is 15.3. The average Bonchev–Trinajstić information content (AvgIpc) is 2.69. The van der Waals surface area contributed by atoms with E-state index in [9.17, 15) is 0 Å². The van der Waals surface area contributed by atoms with Crippen LogP contribution >= 0.6 is 0 Å². The zero-order valence-electron chi connectivity index (χ0n) is 9.25. The molecule has 2 N–H and O–H groups in total. The number of aromatic amines is 1. The van der Waals surface area contributed by atoms with Crippen molar-refractivity contribution in [1.29, 1.82) is 0 Å². The molecule has 4 nitrogen and oxygen atoms in total. The van der Waals surface area contributed by atoms with Gasteiger partial charge in [-0.15, -0.1) is 0 Å². The molecule has 0 aliphatic carbocycles. The quantitative estimate of drug-likeness (QED) is 0.730. The first kappa shape index (κ1) is 11.2. The van der Waals surface area contributed by atoms with Crippen molar-refractivity contribution in [2.75, 3.05) is 6.54 Å². The largest absolute Gasteiger partial charge is 0.309 e. The van der Waals surface area contributed by atoms with Gasteiger partial charge in [-0.05, 0) is 18.9 Å². The van der Waals surface area contributed by atoms with Crippen LogP contribution in [0.2, 0.25) is 0 Å². The highest BCUT2D eigenvalue weighted by Crippen LogP contribution is 2.20. The van der Waals surface area contributed by atoms with Gasteiger partial charge in [-0.1, -0.05) is 27.2 Å². The molecular formula is C10H20N4. The second-order valence-corrected chi connectivity index (χ2v) is 3.75. The van der Waals surface area contributed by atoms with Crippen molar-refractivity contribution < 1.29 is 0 Å². The summed E-state index contributed by atoms with van der Waals surface area (Å²) < 4.78 is 0. The zero-order chi connectivity index (χ0) is 10.4. The van der Waals surface area contributed by atoms with Gasteiger partial charge < -0.3 is 5.32 Å². The summed E-state index contributed by atoms with van der Waals surface area (Å²) in [4.78, 5) is 0. The molecule has 1 aromatic rings. The van der Waals surface area contributed by atoms with E-state index >= 15 is 0 Å². The van der Waals surface area contributed by atoms with Crippen molar-refractivity contribution >= 4 is 0 Å². The summed E-state index contributed by atoms with van der Waals surface area (Å²) in [7, 11) is 0. The molecule has 1 heterocycles. The molecule has 0 aliphatic rings. The van der Waals surface area contributed by atoms with E-state index in [0.717, 1.165) is 24.6 Å². The maximum absolute atomic E-state index is 4.12. The van der Waals surface area contributed by atoms with Crippen molar-refractivity contribution in [3.63, 3.8) is 0 Å². The first-order chi connectivity index (χ1) is 6.77. The third kappa shape index (κ3) is 3.10. The molecule has 0 saturated heterocycles. The normalized spacial score (nSPS) is 15.4. The lowest BCUT2D eigenvalue weighted by atomic mass is 9.98. The van der Waals surface area contributed by atoms with Crippen LogP contribution in [0.25, 0.3) is 0 Å². The molecule has 0 amide bonds. The van der Waals surface area contributed by atoms with Gasteiger partial charge in [0.05, 0.1) is 17.9 Å². The van der Waals surface area contributed by atoms with Crippen LogP contribution in [0.1, 0.15) is 45.3 Å². The number of aromatic nitrogens is 3. The second kappa shape index (κ2) is 5.75. The Balaban J connectivity index is 2.55. The van der Waals surface area contributed by atoms with Crippen LogP contribution in [0.4, 0.5) is 0 Å². The van der Waals surface area contributed by atoms with E-state index in [1.165, 1.54) is 6.42 Å². The molecule has 0 spiro atoms. The SMILES string of the molecule is CCNC(CC(C)CC)c1cn[nH]n1. The molecule has 0 bridgehead atoms. The summed E-state index contributed by atoms with van der Waals surface area (Å²) in [6.45, 7) is 7.57. The Bertz CT molecular complexity index is 232. The Morgan fingerprint density at radius 3 is 2.79 bits per heavy atom. The number of hydrogen-bond acceptors (Lipinski definition) is 3. The first-order valence-corrected chi connectivity index (χ1v) is 5.36. The van der Waals surface area contributed by atoms with Gasteiger partial charge in [0.1, 0.15) is 0 Å².